The molecular weight excluding hydrogens is 188 g/mol. The predicted octanol–water partition coefficient (Wildman–Crippen LogP) is 1.77. The lowest BCUT2D eigenvalue weighted by atomic mass is 9.93. The second-order valence-electron chi connectivity index (χ2n) is 4.77. The third-order valence-corrected chi connectivity index (χ3v) is 3.26. The number of amides is 1. The van der Waals surface area contributed by atoms with Gasteiger partial charge in [0.05, 0.1) is 5.92 Å². The largest absolute Gasteiger partial charge is 0.353 e. The lowest BCUT2D eigenvalue weighted by molar-refractivity contribution is -0.126. The van der Waals surface area contributed by atoms with Crippen LogP contribution in [-0.2, 0) is 4.79 Å². The minimum atomic E-state index is -0.0588. The summed E-state index contributed by atoms with van der Waals surface area (Å²) < 4.78 is 0. The standard InChI is InChI=1S/C12H26N2O/c1-6-9(4)10(5)14-12(15)11(7-13)8(2)3/h8-11H,6-7,13H2,1-5H3,(H,14,15). The second-order valence-corrected chi connectivity index (χ2v) is 4.77. The Morgan fingerprint density at radius 1 is 1.27 bits per heavy atom. The Labute approximate surface area is 93.8 Å². The molecule has 0 aromatic carbocycles. The van der Waals surface area contributed by atoms with Crippen molar-refractivity contribution in [2.75, 3.05) is 6.54 Å². The molecule has 15 heavy (non-hydrogen) atoms. The normalized spacial score (nSPS) is 17.3. The fraction of sp³-hybridized carbons (Fsp3) is 0.917. The summed E-state index contributed by atoms with van der Waals surface area (Å²) in [7, 11) is 0. The van der Waals surface area contributed by atoms with Crippen molar-refractivity contribution < 1.29 is 4.79 Å². The molecule has 0 aliphatic carbocycles. The molecule has 0 aliphatic heterocycles. The van der Waals surface area contributed by atoms with E-state index in [1.54, 1.807) is 0 Å². The number of carbonyl (C=O) groups is 1. The van der Waals surface area contributed by atoms with Gasteiger partial charge in [-0.3, -0.25) is 4.79 Å². The van der Waals surface area contributed by atoms with Crippen LogP contribution in [0.5, 0.6) is 0 Å². The second kappa shape index (κ2) is 6.83. The van der Waals surface area contributed by atoms with Gasteiger partial charge in [0, 0.05) is 12.6 Å². The van der Waals surface area contributed by atoms with Gasteiger partial charge in [0.2, 0.25) is 5.91 Å². The van der Waals surface area contributed by atoms with E-state index in [1.807, 2.05) is 13.8 Å². The van der Waals surface area contributed by atoms with Gasteiger partial charge in [-0.2, -0.15) is 0 Å². The minimum Gasteiger partial charge on any atom is -0.353 e. The molecule has 0 aliphatic rings. The fourth-order valence-electron chi connectivity index (χ4n) is 1.51. The van der Waals surface area contributed by atoms with Crippen molar-refractivity contribution in [3.8, 4) is 0 Å². The van der Waals surface area contributed by atoms with Crippen LogP contribution in [0.15, 0.2) is 0 Å². The first-order valence-corrected chi connectivity index (χ1v) is 5.94. The van der Waals surface area contributed by atoms with Crippen LogP contribution in [0.2, 0.25) is 0 Å². The number of nitrogens with one attached hydrogen (secondary N) is 1. The molecule has 0 fully saturated rings. The molecule has 0 heterocycles. The van der Waals surface area contributed by atoms with Gasteiger partial charge in [0.25, 0.3) is 0 Å². The average Bonchev–Trinajstić information content (AvgIpc) is 2.16. The van der Waals surface area contributed by atoms with Crippen LogP contribution >= 0.6 is 0 Å². The molecule has 3 atom stereocenters. The average molecular weight is 214 g/mol. The number of rotatable bonds is 6. The fourth-order valence-corrected chi connectivity index (χ4v) is 1.51. The van der Waals surface area contributed by atoms with Crippen molar-refractivity contribution in [1.29, 1.82) is 0 Å². The molecule has 90 valence electrons. The van der Waals surface area contributed by atoms with E-state index in [0.29, 0.717) is 18.4 Å². The van der Waals surface area contributed by atoms with E-state index in [4.69, 9.17) is 5.73 Å². The van der Waals surface area contributed by atoms with Gasteiger partial charge in [-0.25, -0.2) is 0 Å². The van der Waals surface area contributed by atoms with Crippen molar-refractivity contribution in [3.05, 3.63) is 0 Å². The summed E-state index contributed by atoms with van der Waals surface area (Å²) in [5.41, 5.74) is 5.60. The zero-order valence-corrected chi connectivity index (χ0v) is 10.7. The van der Waals surface area contributed by atoms with Crippen LogP contribution in [0.25, 0.3) is 0 Å². The molecule has 1 amide bonds. The van der Waals surface area contributed by atoms with Gasteiger partial charge in [-0.05, 0) is 18.8 Å². The predicted molar refractivity (Wildman–Crippen MR) is 64.4 cm³/mol. The maximum absolute atomic E-state index is 11.9. The van der Waals surface area contributed by atoms with Gasteiger partial charge in [0.1, 0.15) is 0 Å². The van der Waals surface area contributed by atoms with Crippen molar-refractivity contribution in [3.63, 3.8) is 0 Å². The Hall–Kier alpha value is -0.570. The topological polar surface area (TPSA) is 55.1 Å². The summed E-state index contributed by atoms with van der Waals surface area (Å²) in [6, 6.07) is 0.232. The van der Waals surface area contributed by atoms with Crippen LogP contribution in [0, 0.1) is 17.8 Å². The molecule has 3 heteroatoms. The van der Waals surface area contributed by atoms with Crippen molar-refractivity contribution in [2.24, 2.45) is 23.5 Å². The van der Waals surface area contributed by atoms with Gasteiger partial charge in [-0.15, -0.1) is 0 Å². The summed E-state index contributed by atoms with van der Waals surface area (Å²) in [6.07, 6.45) is 1.08. The Balaban J connectivity index is 4.22. The van der Waals surface area contributed by atoms with Crippen LogP contribution in [-0.4, -0.2) is 18.5 Å². The van der Waals surface area contributed by atoms with E-state index in [1.165, 1.54) is 0 Å². The maximum Gasteiger partial charge on any atom is 0.224 e. The lowest BCUT2D eigenvalue weighted by Crippen LogP contribution is -2.44. The Morgan fingerprint density at radius 3 is 2.13 bits per heavy atom. The highest BCUT2D eigenvalue weighted by Crippen LogP contribution is 2.12. The van der Waals surface area contributed by atoms with E-state index in [0.717, 1.165) is 6.42 Å². The van der Waals surface area contributed by atoms with E-state index in [2.05, 4.69) is 26.1 Å². The maximum atomic E-state index is 11.9. The van der Waals surface area contributed by atoms with Crippen LogP contribution in [0.4, 0.5) is 0 Å². The minimum absolute atomic E-state index is 0.0588. The Morgan fingerprint density at radius 2 is 1.80 bits per heavy atom. The molecule has 0 bridgehead atoms. The molecule has 0 aromatic heterocycles. The smallest absolute Gasteiger partial charge is 0.224 e. The summed E-state index contributed by atoms with van der Waals surface area (Å²) in [5, 5.41) is 3.04. The van der Waals surface area contributed by atoms with Crippen molar-refractivity contribution in [1.82, 2.24) is 5.32 Å². The van der Waals surface area contributed by atoms with Crippen LogP contribution in [0.1, 0.15) is 41.0 Å². The quantitative estimate of drug-likeness (QED) is 0.708. The van der Waals surface area contributed by atoms with Gasteiger partial charge in [0.15, 0.2) is 0 Å². The summed E-state index contributed by atoms with van der Waals surface area (Å²) in [4.78, 5) is 11.9. The van der Waals surface area contributed by atoms with Gasteiger partial charge >= 0.3 is 0 Å². The Kier molecular flexibility index (Phi) is 6.57. The zero-order chi connectivity index (χ0) is 12.0. The van der Waals surface area contributed by atoms with Gasteiger partial charge in [-0.1, -0.05) is 34.1 Å². The van der Waals surface area contributed by atoms with Gasteiger partial charge < -0.3 is 11.1 Å². The summed E-state index contributed by atoms with van der Waals surface area (Å²) in [6.45, 7) is 10.8. The molecule has 0 radical (unpaired) electrons. The highest BCUT2D eigenvalue weighted by atomic mass is 16.2. The van der Waals surface area contributed by atoms with Crippen LogP contribution < -0.4 is 11.1 Å². The Bertz CT molecular complexity index is 192. The molecule has 0 spiro atoms. The molecule has 0 saturated heterocycles. The monoisotopic (exact) mass is 214 g/mol. The molecule has 3 nitrogen and oxygen atoms in total. The number of nitrogens with two attached hydrogens (primary N) is 1. The highest BCUT2D eigenvalue weighted by molar-refractivity contribution is 5.79. The third kappa shape index (κ3) is 4.65. The third-order valence-electron chi connectivity index (χ3n) is 3.26. The SMILES string of the molecule is CCC(C)C(C)NC(=O)C(CN)C(C)C. The lowest BCUT2D eigenvalue weighted by Gasteiger charge is -2.24. The number of hydrogen-bond donors (Lipinski definition) is 2. The van der Waals surface area contributed by atoms with E-state index in [-0.39, 0.29) is 17.9 Å². The molecule has 3 N–H and O–H groups in total. The molecule has 3 unspecified atom stereocenters. The van der Waals surface area contributed by atoms with Crippen molar-refractivity contribution >= 4 is 5.91 Å². The van der Waals surface area contributed by atoms with E-state index < -0.39 is 0 Å². The first-order chi connectivity index (χ1) is 6.93. The van der Waals surface area contributed by atoms with Crippen LogP contribution in [0.3, 0.4) is 0 Å². The van der Waals surface area contributed by atoms with Crippen molar-refractivity contribution in [2.45, 2.75) is 47.1 Å². The summed E-state index contributed by atoms with van der Waals surface area (Å²) >= 11 is 0. The van der Waals surface area contributed by atoms with E-state index >= 15 is 0 Å². The number of hydrogen-bond acceptors (Lipinski definition) is 2. The molecule has 0 rings (SSSR count). The molecule has 0 saturated carbocycles. The first kappa shape index (κ1) is 14.4. The molecular formula is C12H26N2O. The molecule has 0 aromatic rings. The highest BCUT2D eigenvalue weighted by Gasteiger charge is 2.22. The first-order valence-electron chi connectivity index (χ1n) is 5.94. The zero-order valence-electron chi connectivity index (χ0n) is 10.7. The summed E-state index contributed by atoms with van der Waals surface area (Å²) in [5.74, 6) is 0.857. The van der Waals surface area contributed by atoms with E-state index in [9.17, 15) is 4.79 Å². The number of carbonyl (C=O) groups excluding carboxylic acids is 1.